The monoisotopic (exact) mass is 356 g/mol. The van der Waals surface area contributed by atoms with Gasteiger partial charge in [-0.1, -0.05) is 17.7 Å². The molecule has 0 aliphatic rings. The molecular formula is C18H14ClFN4O. The van der Waals surface area contributed by atoms with Gasteiger partial charge in [0, 0.05) is 22.5 Å². The predicted molar refractivity (Wildman–Crippen MR) is 95.9 cm³/mol. The molecule has 7 heteroatoms. The minimum atomic E-state index is -0.449. The summed E-state index contributed by atoms with van der Waals surface area (Å²) in [5.74, 6) is 0.0274. The summed E-state index contributed by atoms with van der Waals surface area (Å²) in [5.41, 5.74) is 1.31. The summed E-state index contributed by atoms with van der Waals surface area (Å²) in [6.45, 7) is 1.69. The third kappa shape index (κ3) is 4.51. The second kappa shape index (κ2) is 7.27. The van der Waals surface area contributed by atoms with Crippen molar-refractivity contribution >= 4 is 34.7 Å². The van der Waals surface area contributed by atoms with Gasteiger partial charge in [-0.25, -0.2) is 14.4 Å². The van der Waals surface area contributed by atoms with Gasteiger partial charge in [0.2, 0.25) is 0 Å². The highest BCUT2D eigenvalue weighted by atomic mass is 35.5. The van der Waals surface area contributed by atoms with E-state index >= 15 is 0 Å². The second-order valence-corrected chi connectivity index (χ2v) is 5.72. The largest absolute Gasteiger partial charge is 0.340 e. The fraction of sp³-hybridized carbons (Fsp3) is 0.0556. The Morgan fingerprint density at radius 2 is 1.80 bits per heavy atom. The fourth-order valence-electron chi connectivity index (χ4n) is 2.19. The molecule has 0 fully saturated rings. The van der Waals surface area contributed by atoms with Gasteiger partial charge in [-0.2, -0.15) is 0 Å². The van der Waals surface area contributed by atoms with Gasteiger partial charge >= 0.3 is 0 Å². The summed E-state index contributed by atoms with van der Waals surface area (Å²) in [5, 5.41) is 6.33. The molecule has 3 aromatic rings. The lowest BCUT2D eigenvalue weighted by Crippen LogP contribution is -2.15. The van der Waals surface area contributed by atoms with E-state index in [9.17, 15) is 9.18 Å². The number of rotatable bonds is 4. The van der Waals surface area contributed by atoms with Crippen LogP contribution < -0.4 is 10.6 Å². The van der Waals surface area contributed by atoms with Crippen LogP contribution in [0.4, 0.5) is 21.6 Å². The highest BCUT2D eigenvalue weighted by Crippen LogP contribution is 2.19. The Morgan fingerprint density at radius 3 is 2.52 bits per heavy atom. The van der Waals surface area contributed by atoms with E-state index < -0.39 is 11.7 Å². The number of aromatic nitrogens is 2. The quantitative estimate of drug-likeness (QED) is 0.718. The first-order valence-electron chi connectivity index (χ1n) is 7.45. The molecule has 0 saturated carbocycles. The van der Waals surface area contributed by atoms with E-state index in [0.717, 1.165) is 5.69 Å². The molecule has 2 N–H and O–H groups in total. The van der Waals surface area contributed by atoms with Gasteiger partial charge < -0.3 is 10.6 Å². The number of anilines is 3. The molecule has 1 aromatic heterocycles. The second-order valence-electron chi connectivity index (χ2n) is 5.28. The maximum absolute atomic E-state index is 13.2. The van der Waals surface area contributed by atoms with Gasteiger partial charge in [0.25, 0.3) is 5.91 Å². The Kier molecular flexibility index (Phi) is 4.90. The lowest BCUT2D eigenvalue weighted by atomic mass is 10.2. The van der Waals surface area contributed by atoms with Crippen molar-refractivity contribution in [3.63, 3.8) is 0 Å². The van der Waals surface area contributed by atoms with Crippen LogP contribution in [0.25, 0.3) is 0 Å². The van der Waals surface area contributed by atoms with E-state index in [1.54, 1.807) is 37.3 Å². The standard InChI is InChI=1S/C18H14ClFN4O/c1-11-21-16(18(25)24-15-4-2-3-13(20)9-15)10-17(22-11)23-14-7-5-12(19)6-8-14/h2-10H,1H3,(H,24,25)(H,21,22,23). The van der Waals surface area contributed by atoms with E-state index in [2.05, 4.69) is 20.6 Å². The van der Waals surface area contributed by atoms with Crippen LogP contribution in [-0.4, -0.2) is 15.9 Å². The van der Waals surface area contributed by atoms with Gasteiger partial charge in [-0.3, -0.25) is 4.79 Å². The summed E-state index contributed by atoms with van der Waals surface area (Å²) in [6.07, 6.45) is 0. The van der Waals surface area contributed by atoms with E-state index in [4.69, 9.17) is 11.6 Å². The Bertz CT molecular complexity index is 915. The van der Waals surface area contributed by atoms with Gasteiger partial charge in [0.1, 0.15) is 23.2 Å². The number of carbonyl (C=O) groups is 1. The zero-order valence-corrected chi connectivity index (χ0v) is 14.0. The third-order valence-electron chi connectivity index (χ3n) is 3.27. The van der Waals surface area contributed by atoms with Crippen LogP contribution in [0.3, 0.4) is 0 Å². The topological polar surface area (TPSA) is 66.9 Å². The highest BCUT2D eigenvalue weighted by molar-refractivity contribution is 6.30. The molecule has 1 amide bonds. The fourth-order valence-corrected chi connectivity index (χ4v) is 2.32. The van der Waals surface area contributed by atoms with Crippen molar-refractivity contribution in [2.75, 3.05) is 10.6 Å². The number of hydrogen-bond acceptors (Lipinski definition) is 4. The number of nitrogens with one attached hydrogen (secondary N) is 2. The maximum atomic E-state index is 13.2. The van der Waals surface area contributed by atoms with Crippen molar-refractivity contribution < 1.29 is 9.18 Å². The van der Waals surface area contributed by atoms with Gasteiger partial charge in [0.15, 0.2) is 0 Å². The number of benzene rings is 2. The molecule has 1 heterocycles. The number of carbonyl (C=O) groups excluding carboxylic acids is 1. The summed E-state index contributed by atoms with van der Waals surface area (Å²) in [6, 6.07) is 14.3. The Morgan fingerprint density at radius 1 is 1.04 bits per heavy atom. The van der Waals surface area contributed by atoms with Crippen molar-refractivity contribution in [1.29, 1.82) is 0 Å². The molecule has 2 aromatic carbocycles. The van der Waals surface area contributed by atoms with Crippen molar-refractivity contribution in [2.45, 2.75) is 6.92 Å². The van der Waals surface area contributed by atoms with Gasteiger partial charge in [0.05, 0.1) is 0 Å². The predicted octanol–water partition coefficient (Wildman–Crippen LogP) is 4.57. The van der Waals surface area contributed by atoms with Crippen LogP contribution in [0.5, 0.6) is 0 Å². The smallest absolute Gasteiger partial charge is 0.274 e. The Labute approximate surface area is 148 Å². The van der Waals surface area contributed by atoms with Crippen LogP contribution in [-0.2, 0) is 0 Å². The molecule has 0 saturated heterocycles. The first-order chi connectivity index (χ1) is 12.0. The molecule has 0 spiro atoms. The minimum Gasteiger partial charge on any atom is -0.340 e. The molecule has 0 unspecified atom stereocenters. The molecule has 0 aliphatic carbocycles. The number of amides is 1. The van der Waals surface area contributed by atoms with E-state index in [1.807, 2.05) is 0 Å². The van der Waals surface area contributed by atoms with Crippen LogP contribution in [0.1, 0.15) is 16.3 Å². The number of halogens is 2. The highest BCUT2D eigenvalue weighted by Gasteiger charge is 2.11. The number of nitrogens with zero attached hydrogens (tertiary/aromatic N) is 2. The van der Waals surface area contributed by atoms with Crippen molar-refractivity contribution in [3.05, 3.63) is 77.0 Å². The average Bonchev–Trinajstić information content (AvgIpc) is 2.56. The lowest BCUT2D eigenvalue weighted by Gasteiger charge is -2.09. The van der Waals surface area contributed by atoms with Crippen LogP contribution >= 0.6 is 11.6 Å². The summed E-state index contributed by atoms with van der Waals surface area (Å²) in [4.78, 5) is 20.7. The zero-order chi connectivity index (χ0) is 17.8. The molecular weight excluding hydrogens is 343 g/mol. The normalized spacial score (nSPS) is 10.4. The van der Waals surface area contributed by atoms with E-state index in [-0.39, 0.29) is 5.69 Å². The van der Waals surface area contributed by atoms with Gasteiger partial charge in [-0.15, -0.1) is 0 Å². The van der Waals surface area contributed by atoms with Crippen LogP contribution in [0.2, 0.25) is 5.02 Å². The number of aryl methyl sites for hydroxylation is 1. The molecule has 0 aliphatic heterocycles. The number of hydrogen-bond donors (Lipinski definition) is 2. The first kappa shape index (κ1) is 16.9. The Hall–Kier alpha value is -2.99. The third-order valence-corrected chi connectivity index (χ3v) is 3.52. The Balaban J connectivity index is 1.80. The molecule has 25 heavy (non-hydrogen) atoms. The molecule has 0 atom stereocenters. The van der Waals surface area contributed by atoms with Crippen molar-refractivity contribution in [2.24, 2.45) is 0 Å². The SMILES string of the molecule is Cc1nc(Nc2ccc(Cl)cc2)cc(C(=O)Nc2cccc(F)c2)n1. The van der Waals surface area contributed by atoms with Crippen molar-refractivity contribution in [1.82, 2.24) is 9.97 Å². The molecule has 5 nitrogen and oxygen atoms in total. The van der Waals surface area contributed by atoms with E-state index in [1.165, 1.54) is 24.3 Å². The van der Waals surface area contributed by atoms with E-state index in [0.29, 0.717) is 22.4 Å². The molecule has 0 bridgehead atoms. The maximum Gasteiger partial charge on any atom is 0.274 e. The zero-order valence-electron chi connectivity index (χ0n) is 13.3. The summed E-state index contributed by atoms with van der Waals surface area (Å²) < 4.78 is 13.2. The first-order valence-corrected chi connectivity index (χ1v) is 7.82. The van der Waals surface area contributed by atoms with Crippen molar-refractivity contribution in [3.8, 4) is 0 Å². The van der Waals surface area contributed by atoms with Crippen LogP contribution in [0, 0.1) is 12.7 Å². The summed E-state index contributed by atoms with van der Waals surface area (Å²) >= 11 is 5.86. The van der Waals surface area contributed by atoms with Crippen LogP contribution in [0.15, 0.2) is 54.6 Å². The molecule has 0 radical (unpaired) electrons. The minimum absolute atomic E-state index is 0.174. The summed E-state index contributed by atoms with van der Waals surface area (Å²) in [7, 11) is 0. The van der Waals surface area contributed by atoms with Gasteiger partial charge in [-0.05, 0) is 49.4 Å². The average molecular weight is 357 g/mol. The molecule has 126 valence electrons. The lowest BCUT2D eigenvalue weighted by molar-refractivity contribution is 0.102. The molecule has 3 rings (SSSR count).